The van der Waals surface area contributed by atoms with E-state index in [-0.39, 0.29) is 28.4 Å². The molecule has 1 aliphatic carbocycles. The fourth-order valence-corrected chi connectivity index (χ4v) is 6.52. The van der Waals surface area contributed by atoms with E-state index in [2.05, 4.69) is 10.3 Å². The molecule has 0 fully saturated rings. The second kappa shape index (κ2) is 17.8. The molecule has 4 N–H and O–H groups in total. The van der Waals surface area contributed by atoms with Crippen molar-refractivity contribution in [3.05, 3.63) is 131 Å². The third-order valence-corrected chi connectivity index (χ3v) is 9.35. The average Bonchev–Trinajstić information content (AvgIpc) is 3.11. The highest BCUT2D eigenvalue weighted by atomic mass is 32.2. The number of aromatic carboxylic acids is 1. The highest BCUT2D eigenvalue weighted by Crippen LogP contribution is 2.41. The minimum atomic E-state index is -4.43. The van der Waals surface area contributed by atoms with Gasteiger partial charge in [-0.15, -0.1) is 25.3 Å². The van der Waals surface area contributed by atoms with Gasteiger partial charge in [-0.3, -0.25) is 14.1 Å². The minimum absolute atomic E-state index is 0.0813. The van der Waals surface area contributed by atoms with Gasteiger partial charge in [-0.05, 0) is 65.2 Å². The zero-order valence-corrected chi connectivity index (χ0v) is 30.9. The predicted octanol–water partition coefficient (Wildman–Crippen LogP) is 4.10. The molecule has 0 spiro atoms. The Morgan fingerprint density at radius 2 is 1.33 bits per heavy atom. The molecule has 0 saturated heterocycles. The molecule has 0 amide bonds. The summed E-state index contributed by atoms with van der Waals surface area (Å²) < 4.78 is 122. The summed E-state index contributed by atoms with van der Waals surface area (Å²) in [6, 6.07) is 29.0. The molecule has 55 heavy (non-hydrogen) atoms. The molecule has 4 aromatic rings. The number of anilines is 1. The van der Waals surface area contributed by atoms with Gasteiger partial charge in [0.05, 0.1) is 27.3 Å². The number of carboxylic acids is 1. The van der Waals surface area contributed by atoms with Gasteiger partial charge in [-0.25, -0.2) is 4.79 Å². The molecule has 6 rings (SSSR count). The van der Waals surface area contributed by atoms with Crippen molar-refractivity contribution >= 4 is 64.1 Å². The summed E-state index contributed by atoms with van der Waals surface area (Å²) in [5.74, 6) is -0.672. The summed E-state index contributed by atoms with van der Waals surface area (Å²) >= 11 is 0. The van der Waals surface area contributed by atoms with Crippen molar-refractivity contribution in [1.29, 1.82) is 0 Å². The molecule has 286 valence electrons. The molecular weight excluding hydrogens is 805 g/mol. The van der Waals surface area contributed by atoms with Crippen LogP contribution in [0.25, 0.3) is 33.4 Å². The predicted molar refractivity (Wildman–Crippen MR) is 194 cm³/mol. The van der Waals surface area contributed by atoms with E-state index in [0.717, 1.165) is 0 Å². The van der Waals surface area contributed by atoms with Gasteiger partial charge in [-0.2, -0.15) is 16.8 Å². The average molecular weight is 831 g/mol. The number of nitrogens with one attached hydrogen (secondary N) is 1. The molecule has 0 aromatic heterocycles. The van der Waals surface area contributed by atoms with Crippen LogP contribution in [0.15, 0.2) is 128 Å². The first-order valence-corrected chi connectivity index (χ1v) is 20.0. The maximum atomic E-state index is 12.2. The first kappa shape index (κ1) is 41.7. The Balaban J connectivity index is 0.000000768. The molecule has 0 radical (unpaired) electrons. The van der Waals surface area contributed by atoms with Crippen LogP contribution in [0.2, 0.25) is 0 Å². The molecule has 0 unspecified atom stereocenters. The molecule has 0 bridgehead atoms. The molecule has 0 atom stereocenters. The van der Waals surface area contributed by atoms with Gasteiger partial charge in [0.15, 0.2) is 0 Å². The van der Waals surface area contributed by atoms with E-state index in [1.54, 1.807) is 78.9 Å². The molecule has 4 aromatic carbocycles. The van der Waals surface area contributed by atoms with E-state index in [1.807, 2.05) is 0 Å². The van der Waals surface area contributed by atoms with Crippen molar-refractivity contribution in [2.45, 2.75) is 22.9 Å². The monoisotopic (exact) mass is 830 g/mol. The standard InChI is InChI=1S/C34H26N2O9S2.2O3S/c37-34(38)27-7-3-2-6-26(27)33-28-15-11-23(35-19-21-9-13-25(14-10-21)46(39,40)41)17-30(28)45-31-18-24(12-16-29(31)33)36-20-22-5-1-4-8-32(22)47(42,43)44;2*1-4(2)3/h1-18,36H,19-20H2,(H,37,38)(H,39,40,41)(H,42,43,44);;. The van der Waals surface area contributed by atoms with Crippen molar-refractivity contribution in [2.75, 3.05) is 5.32 Å². The Kier molecular flexibility index (Phi) is 13.5. The minimum Gasteiger partial charge on any atom is -0.478 e. The van der Waals surface area contributed by atoms with E-state index < -0.39 is 47.4 Å². The number of carboxylic acid groups (broad SMARTS) is 1. The van der Waals surface area contributed by atoms with Crippen LogP contribution in [0.5, 0.6) is 0 Å². The molecule has 0 saturated carbocycles. The van der Waals surface area contributed by atoms with Gasteiger partial charge in [0, 0.05) is 40.9 Å². The van der Waals surface area contributed by atoms with Crippen molar-refractivity contribution in [2.24, 2.45) is 4.99 Å². The number of hydrogen-bond donors (Lipinski definition) is 4. The lowest BCUT2D eigenvalue weighted by Gasteiger charge is -2.18. The number of benzene rings is 5. The maximum absolute atomic E-state index is 12.2. The lowest BCUT2D eigenvalue weighted by molar-refractivity contribution is 0.0697. The molecular formula is C34H26N2O15S4. The van der Waals surface area contributed by atoms with E-state index in [0.29, 0.717) is 55.6 Å². The Morgan fingerprint density at radius 1 is 0.709 bits per heavy atom. The lowest BCUT2D eigenvalue weighted by atomic mass is 9.90. The van der Waals surface area contributed by atoms with Crippen LogP contribution in [0.4, 0.5) is 5.69 Å². The lowest BCUT2D eigenvalue weighted by Crippen LogP contribution is -2.07. The van der Waals surface area contributed by atoms with Crippen LogP contribution in [0.1, 0.15) is 21.5 Å². The van der Waals surface area contributed by atoms with Gasteiger partial charge in [0.25, 0.3) is 20.2 Å². The van der Waals surface area contributed by atoms with Gasteiger partial charge in [0.1, 0.15) is 11.3 Å². The van der Waals surface area contributed by atoms with E-state index in [4.69, 9.17) is 29.7 Å². The third kappa shape index (κ3) is 11.4. The first-order chi connectivity index (χ1) is 25.8. The Morgan fingerprint density at radius 3 is 1.95 bits per heavy atom. The number of fused-ring (bicyclic) bond motifs is 2. The van der Waals surface area contributed by atoms with Crippen LogP contribution < -0.4 is 10.7 Å². The van der Waals surface area contributed by atoms with Gasteiger partial charge < -0.3 is 14.8 Å². The van der Waals surface area contributed by atoms with Crippen molar-refractivity contribution in [1.82, 2.24) is 0 Å². The largest absolute Gasteiger partial charge is 0.478 e. The van der Waals surface area contributed by atoms with Crippen molar-refractivity contribution < 1.29 is 65.5 Å². The topological polar surface area (TPSA) is 286 Å². The van der Waals surface area contributed by atoms with Crippen LogP contribution in [-0.4, -0.2) is 62.3 Å². The van der Waals surface area contributed by atoms with Gasteiger partial charge >= 0.3 is 27.2 Å². The second-order valence-electron chi connectivity index (χ2n) is 11.0. The molecule has 21 heteroatoms. The quantitative estimate of drug-likeness (QED) is 0.118. The summed E-state index contributed by atoms with van der Waals surface area (Å²) in [5, 5.41) is 14.4. The fourth-order valence-electron chi connectivity index (χ4n) is 5.31. The summed E-state index contributed by atoms with van der Waals surface area (Å²) in [7, 11) is -15.0. The van der Waals surface area contributed by atoms with Crippen molar-refractivity contribution in [3.63, 3.8) is 0 Å². The van der Waals surface area contributed by atoms with Crippen molar-refractivity contribution in [3.8, 4) is 22.5 Å². The number of carbonyl (C=O) groups is 1. The highest BCUT2D eigenvalue weighted by Gasteiger charge is 2.22. The fraction of sp³-hybridized carbons (Fsp3) is 0.0588. The van der Waals surface area contributed by atoms with Crippen LogP contribution >= 0.6 is 0 Å². The SMILES string of the molecule is O=C(O)c1ccccc1-c1c2ccc(=NCc3ccc(S(=O)(=O)O)cc3)cc-2oc2cc(NCc3ccccc3S(=O)(=O)O)ccc12.O=S(=O)=O.O=S(=O)=O. The zero-order chi connectivity index (χ0) is 40.5. The maximum Gasteiger partial charge on any atom is 0.425 e. The summed E-state index contributed by atoms with van der Waals surface area (Å²) in [5.41, 5.74) is 3.93. The molecule has 1 aliphatic heterocycles. The Bertz CT molecular complexity index is 2850. The smallest absolute Gasteiger partial charge is 0.425 e. The van der Waals surface area contributed by atoms with E-state index >= 15 is 0 Å². The second-order valence-corrected chi connectivity index (χ2v) is 14.6. The Hall–Kier alpha value is -6.10. The summed E-state index contributed by atoms with van der Waals surface area (Å²) in [6.07, 6.45) is 0. The van der Waals surface area contributed by atoms with Crippen LogP contribution in [0.3, 0.4) is 0 Å². The summed E-state index contributed by atoms with van der Waals surface area (Å²) in [6.45, 7) is 0.288. The zero-order valence-electron chi connectivity index (χ0n) is 27.6. The first-order valence-electron chi connectivity index (χ1n) is 15.1. The van der Waals surface area contributed by atoms with Crippen LogP contribution in [0, 0.1) is 0 Å². The van der Waals surface area contributed by atoms with Gasteiger partial charge in [0.2, 0.25) is 0 Å². The van der Waals surface area contributed by atoms with E-state index in [9.17, 15) is 35.8 Å². The van der Waals surface area contributed by atoms with E-state index in [1.165, 1.54) is 30.3 Å². The van der Waals surface area contributed by atoms with Gasteiger partial charge in [-0.1, -0.05) is 48.5 Å². The normalized spacial score (nSPS) is 11.5. The molecule has 17 nitrogen and oxygen atoms in total. The summed E-state index contributed by atoms with van der Waals surface area (Å²) in [4.78, 5) is 16.4. The number of hydrogen-bond acceptors (Lipinski definition) is 14. The highest BCUT2D eigenvalue weighted by molar-refractivity contribution is 7.86. The number of nitrogens with zero attached hydrogens (tertiary/aromatic N) is 1. The van der Waals surface area contributed by atoms with Crippen LogP contribution in [-0.2, 0) is 54.5 Å². The molecule has 1 heterocycles. The Labute approximate surface area is 315 Å². The number of rotatable bonds is 9. The third-order valence-electron chi connectivity index (χ3n) is 7.53. The molecule has 2 aliphatic rings.